The van der Waals surface area contributed by atoms with E-state index < -0.39 is 0 Å². The zero-order valence-corrected chi connectivity index (χ0v) is 8.36. The summed E-state index contributed by atoms with van der Waals surface area (Å²) >= 11 is 0. The number of hydrogen-bond donors (Lipinski definition) is 0. The Morgan fingerprint density at radius 3 is 2.57 bits per heavy atom. The first-order valence-electron chi connectivity index (χ1n) is 4.08. The molecule has 0 amide bonds. The molecule has 1 aromatic carbocycles. The van der Waals surface area contributed by atoms with Crippen molar-refractivity contribution in [2.24, 2.45) is 4.99 Å². The molecule has 0 saturated heterocycles. The van der Waals surface area contributed by atoms with Crippen LogP contribution in [0.4, 0.5) is 5.69 Å². The number of isocyanates is 1. The van der Waals surface area contributed by atoms with Crippen LogP contribution in [0.2, 0.25) is 0 Å². The summed E-state index contributed by atoms with van der Waals surface area (Å²) in [6, 6.07) is 7.00. The van der Waals surface area contributed by atoms with Crippen LogP contribution in [0.5, 0.6) is 5.75 Å². The molecule has 0 radical (unpaired) electrons. The molecule has 0 unspecified atom stereocenters. The lowest BCUT2D eigenvalue weighted by atomic mass is 10.3. The van der Waals surface area contributed by atoms with Crippen LogP contribution in [0.1, 0.15) is 6.92 Å². The summed E-state index contributed by atoms with van der Waals surface area (Å²) in [5.41, 5.74) is 0.505. The number of benzene rings is 1. The molecule has 0 aliphatic rings. The van der Waals surface area contributed by atoms with Crippen molar-refractivity contribution in [3.63, 3.8) is 0 Å². The Morgan fingerprint density at radius 1 is 1.50 bits per heavy atom. The Hall–Kier alpha value is -1.86. The number of ether oxygens (including phenoxy) is 1. The summed E-state index contributed by atoms with van der Waals surface area (Å²) in [5.74, 6) is 0.579. The molecule has 0 bridgehead atoms. The minimum atomic E-state index is 0.505. The second-order valence-corrected chi connectivity index (χ2v) is 2.28. The first kappa shape index (κ1) is 12.1. The maximum Gasteiger partial charge on any atom is 0.240 e. The standard InChI is InChI=1S/C8H7NO2.C3H6/c1-11-8-5-3-2-4-7(8)9-6-10;1-3-2/h2-5H,1H3;3H,1H2,2H3. The average molecular weight is 191 g/mol. The van der Waals surface area contributed by atoms with Crippen molar-refractivity contribution in [1.29, 1.82) is 0 Å². The van der Waals surface area contributed by atoms with Gasteiger partial charge in [0.1, 0.15) is 11.4 Å². The van der Waals surface area contributed by atoms with Gasteiger partial charge in [0.2, 0.25) is 6.08 Å². The molecule has 14 heavy (non-hydrogen) atoms. The highest BCUT2D eigenvalue weighted by Crippen LogP contribution is 2.25. The van der Waals surface area contributed by atoms with E-state index in [2.05, 4.69) is 11.6 Å². The van der Waals surface area contributed by atoms with Gasteiger partial charge in [-0.3, -0.25) is 0 Å². The van der Waals surface area contributed by atoms with Crippen molar-refractivity contribution in [3.8, 4) is 5.75 Å². The minimum Gasteiger partial charge on any atom is -0.494 e. The Balaban J connectivity index is 0.000000500. The molecular weight excluding hydrogens is 178 g/mol. The van der Waals surface area contributed by atoms with Crippen molar-refractivity contribution in [3.05, 3.63) is 36.9 Å². The molecule has 1 rings (SSSR count). The highest BCUT2D eigenvalue weighted by Gasteiger charge is 1.96. The smallest absolute Gasteiger partial charge is 0.240 e. The number of nitrogens with zero attached hydrogens (tertiary/aromatic N) is 1. The van der Waals surface area contributed by atoms with E-state index in [1.54, 1.807) is 24.3 Å². The molecule has 0 aromatic heterocycles. The zero-order valence-electron chi connectivity index (χ0n) is 8.36. The molecule has 74 valence electrons. The fourth-order valence-electron chi connectivity index (χ4n) is 0.771. The van der Waals surface area contributed by atoms with Crippen molar-refractivity contribution in [2.45, 2.75) is 6.92 Å². The Kier molecular flexibility index (Phi) is 6.74. The van der Waals surface area contributed by atoms with Crippen molar-refractivity contribution in [1.82, 2.24) is 0 Å². The van der Waals surface area contributed by atoms with Gasteiger partial charge < -0.3 is 4.74 Å². The van der Waals surface area contributed by atoms with E-state index in [9.17, 15) is 4.79 Å². The average Bonchev–Trinajstić information content (AvgIpc) is 2.20. The van der Waals surface area contributed by atoms with Crippen LogP contribution < -0.4 is 4.74 Å². The Bertz CT molecular complexity index is 328. The van der Waals surface area contributed by atoms with Crippen molar-refractivity contribution in [2.75, 3.05) is 7.11 Å². The maximum absolute atomic E-state index is 9.90. The van der Waals surface area contributed by atoms with E-state index in [0.717, 1.165) is 0 Å². The molecular formula is C11H13NO2. The molecule has 1 aromatic rings. The maximum atomic E-state index is 9.90. The van der Waals surface area contributed by atoms with E-state index >= 15 is 0 Å². The third-order valence-electron chi connectivity index (χ3n) is 1.25. The largest absolute Gasteiger partial charge is 0.494 e. The second-order valence-electron chi connectivity index (χ2n) is 2.28. The molecule has 0 aliphatic heterocycles. The number of methoxy groups -OCH3 is 1. The van der Waals surface area contributed by atoms with E-state index in [1.807, 2.05) is 13.0 Å². The number of carbonyl (C=O) groups excluding carboxylic acids is 1. The topological polar surface area (TPSA) is 38.7 Å². The van der Waals surface area contributed by atoms with Crippen LogP contribution in [-0.4, -0.2) is 13.2 Å². The van der Waals surface area contributed by atoms with Gasteiger partial charge in [-0.1, -0.05) is 18.2 Å². The number of allylic oxidation sites excluding steroid dienone is 1. The van der Waals surface area contributed by atoms with Gasteiger partial charge in [0.05, 0.1) is 7.11 Å². The van der Waals surface area contributed by atoms with E-state index in [4.69, 9.17) is 4.74 Å². The summed E-state index contributed by atoms with van der Waals surface area (Å²) in [4.78, 5) is 13.3. The SMILES string of the molecule is C=CC.COc1ccccc1N=C=O. The van der Waals surface area contributed by atoms with Gasteiger partial charge in [-0.05, 0) is 19.1 Å². The molecule has 0 atom stereocenters. The molecule has 0 N–H and O–H groups in total. The molecule has 0 saturated carbocycles. The first-order chi connectivity index (χ1) is 6.79. The lowest BCUT2D eigenvalue weighted by molar-refractivity contribution is 0.416. The quantitative estimate of drug-likeness (QED) is 0.409. The highest BCUT2D eigenvalue weighted by atomic mass is 16.5. The van der Waals surface area contributed by atoms with Crippen LogP contribution >= 0.6 is 0 Å². The predicted molar refractivity (Wildman–Crippen MR) is 56.6 cm³/mol. The molecule has 0 fully saturated rings. The van der Waals surface area contributed by atoms with E-state index in [1.165, 1.54) is 13.2 Å². The van der Waals surface area contributed by atoms with E-state index in [0.29, 0.717) is 11.4 Å². The van der Waals surface area contributed by atoms with Gasteiger partial charge in [-0.15, -0.1) is 6.58 Å². The Labute approximate surface area is 83.7 Å². The van der Waals surface area contributed by atoms with Crippen molar-refractivity contribution >= 4 is 11.8 Å². The first-order valence-corrected chi connectivity index (χ1v) is 4.08. The fraction of sp³-hybridized carbons (Fsp3) is 0.182. The van der Waals surface area contributed by atoms with Crippen LogP contribution in [0, 0.1) is 0 Å². The number of hydrogen-bond acceptors (Lipinski definition) is 3. The highest BCUT2D eigenvalue weighted by molar-refractivity contribution is 5.57. The predicted octanol–water partition coefficient (Wildman–Crippen LogP) is 2.85. The summed E-state index contributed by atoms with van der Waals surface area (Å²) in [7, 11) is 1.53. The van der Waals surface area contributed by atoms with Gasteiger partial charge in [0.15, 0.2) is 0 Å². The normalized spacial score (nSPS) is 7.57. The van der Waals surface area contributed by atoms with Crippen molar-refractivity contribution < 1.29 is 9.53 Å². The molecule has 0 spiro atoms. The van der Waals surface area contributed by atoms with Gasteiger partial charge in [0, 0.05) is 0 Å². The lowest BCUT2D eigenvalue weighted by Gasteiger charge is -1.99. The minimum absolute atomic E-state index is 0.505. The zero-order chi connectivity index (χ0) is 10.8. The third kappa shape index (κ3) is 4.24. The van der Waals surface area contributed by atoms with E-state index in [-0.39, 0.29) is 0 Å². The summed E-state index contributed by atoms with van der Waals surface area (Å²) < 4.78 is 4.93. The Morgan fingerprint density at radius 2 is 2.07 bits per heavy atom. The fourth-order valence-corrected chi connectivity index (χ4v) is 0.771. The van der Waals surface area contributed by atoms with Crippen LogP contribution in [-0.2, 0) is 4.79 Å². The number of rotatable bonds is 2. The molecule has 3 heteroatoms. The monoisotopic (exact) mass is 191 g/mol. The van der Waals surface area contributed by atoms with Gasteiger partial charge >= 0.3 is 0 Å². The van der Waals surface area contributed by atoms with Gasteiger partial charge in [-0.2, -0.15) is 4.99 Å². The van der Waals surface area contributed by atoms with Gasteiger partial charge in [-0.25, -0.2) is 4.79 Å². The second kappa shape index (κ2) is 7.77. The third-order valence-corrected chi connectivity index (χ3v) is 1.25. The number of aliphatic imine (C=N–C) groups is 1. The summed E-state index contributed by atoms with van der Waals surface area (Å²) in [6.45, 7) is 5.25. The summed E-state index contributed by atoms with van der Waals surface area (Å²) in [6.07, 6.45) is 3.20. The van der Waals surface area contributed by atoms with Crippen LogP contribution in [0.25, 0.3) is 0 Å². The van der Waals surface area contributed by atoms with Gasteiger partial charge in [0.25, 0.3) is 0 Å². The van der Waals surface area contributed by atoms with Crippen LogP contribution in [0.3, 0.4) is 0 Å². The number of para-hydroxylation sites is 2. The molecule has 0 heterocycles. The summed E-state index contributed by atoms with van der Waals surface area (Å²) in [5, 5.41) is 0. The lowest BCUT2D eigenvalue weighted by Crippen LogP contribution is -1.81. The molecule has 0 aliphatic carbocycles. The van der Waals surface area contributed by atoms with Crippen LogP contribution in [0.15, 0.2) is 41.9 Å². The molecule has 3 nitrogen and oxygen atoms in total.